The molecule has 0 bridgehead atoms. The molecular weight excluding hydrogens is 574 g/mol. The highest BCUT2D eigenvalue weighted by Crippen LogP contribution is 2.47. The monoisotopic (exact) mass is 601 g/mol. The predicted octanol–water partition coefficient (Wildman–Crippen LogP) is 11.1. The van der Waals surface area contributed by atoms with Crippen LogP contribution in [-0.4, -0.2) is 15.0 Å². The molecule has 9 rings (SSSR count). The van der Waals surface area contributed by atoms with Gasteiger partial charge < -0.3 is 4.74 Å². The Bertz CT molecular complexity index is 2300. The summed E-state index contributed by atoms with van der Waals surface area (Å²) in [5.74, 6) is 3.55. The minimum absolute atomic E-state index is 0.609. The van der Waals surface area contributed by atoms with Crippen molar-refractivity contribution >= 4 is 10.8 Å². The van der Waals surface area contributed by atoms with Crippen LogP contribution in [0.2, 0.25) is 0 Å². The van der Waals surface area contributed by atoms with Crippen LogP contribution in [-0.2, 0) is 0 Å². The number of fused-ring (bicyclic) bond motifs is 2. The fraction of sp³-hybridized carbons (Fsp3) is 0. The van der Waals surface area contributed by atoms with Crippen molar-refractivity contribution in [2.75, 3.05) is 0 Å². The van der Waals surface area contributed by atoms with E-state index in [4.69, 9.17) is 19.7 Å². The first kappa shape index (κ1) is 27.0. The third kappa shape index (κ3) is 4.93. The van der Waals surface area contributed by atoms with Gasteiger partial charge in [0.25, 0.3) is 0 Å². The van der Waals surface area contributed by atoms with Gasteiger partial charge in [0.2, 0.25) is 0 Å². The molecule has 0 aliphatic carbocycles. The molecule has 0 saturated heterocycles. The molecule has 1 aliphatic heterocycles. The third-order valence-electron chi connectivity index (χ3n) is 8.75. The zero-order chi connectivity index (χ0) is 31.2. The SMILES string of the molecule is c1ccc(-c2ccc(-c3nc(-c4ccc(-c5ccccc5)cc4)nc(-c4ccc5c(c4)-c4cccc6cccc(c46)O5)n3)cc2)cc1. The lowest BCUT2D eigenvalue weighted by Crippen LogP contribution is -2.01. The molecule has 8 aromatic rings. The molecule has 0 saturated carbocycles. The molecule has 0 fully saturated rings. The van der Waals surface area contributed by atoms with Crippen LogP contribution in [0.1, 0.15) is 0 Å². The maximum Gasteiger partial charge on any atom is 0.164 e. The smallest absolute Gasteiger partial charge is 0.164 e. The Hall–Kier alpha value is -6.39. The first-order valence-corrected chi connectivity index (χ1v) is 15.7. The Morgan fingerprint density at radius 3 is 1.36 bits per heavy atom. The van der Waals surface area contributed by atoms with Gasteiger partial charge in [-0.05, 0) is 57.5 Å². The molecule has 0 unspecified atom stereocenters. The summed E-state index contributed by atoms with van der Waals surface area (Å²) in [6.07, 6.45) is 0. The van der Waals surface area contributed by atoms with Gasteiger partial charge in [-0.2, -0.15) is 0 Å². The van der Waals surface area contributed by atoms with E-state index >= 15 is 0 Å². The van der Waals surface area contributed by atoms with Crippen molar-refractivity contribution in [2.24, 2.45) is 0 Å². The van der Waals surface area contributed by atoms with Crippen LogP contribution >= 0.6 is 0 Å². The van der Waals surface area contributed by atoms with E-state index in [1.54, 1.807) is 0 Å². The standard InChI is InChI=1S/C43H27N3O/c1-3-9-28(10-4-1)30-17-21-33(22-18-30)41-44-42(34-23-19-31(20-24-34)29-11-5-2-6-12-29)46-43(45-41)35-25-26-38-37(27-35)36-15-7-13-32-14-8-16-39(47-38)40(32)36/h1-27H. The summed E-state index contributed by atoms with van der Waals surface area (Å²) in [5, 5.41) is 2.27. The molecule has 1 aliphatic rings. The predicted molar refractivity (Wildman–Crippen MR) is 190 cm³/mol. The van der Waals surface area contributed by atoms with Crippen molar-refractivity contribution in [3.63, 3.8) is 0 Å². The second-order valence-electron chi connectivity index (χ2n) is 11.7. The fourth-order valence-electron chi connectivity index (χ4n) is 6.35. The molecule has 0 spiro atoms. The minimum atomic E-state index is 0.609. The van der Waals surface area contributed by atoms with Crippen LogP contribution in [0.5, 0.6) is 11.5 Å². The quantitative estimate of drug-likeness (QED) is 0.197. The Labute approximate surface area is 272 Å². The lowest BCUT2D eigenvalue weighted by molar-refractivity contribution is 0.487. The van der Waals surface area contributed by atoms with E-state index in [0.29, 0.717) is 17.5 Å². The molecule has 0 amide bonds. The number of benzene rings is 7. The maximum absolute atomic E-state index is 6.37. The molecule has 47 heavy (non-hydrogen) atoms. The van der Waals surface area contributed by atoms with Gasteiger partial charge in [-0.1, -0.05) is 140 Å². The van der Waals surface area contributed by atoms with E-state index in [2.05, 4.69) is 127 Å². The van der Waals surface area contributed by atoms with Gasteiger partial charge in [0.15, 0.2) is 17.5 Å². The lowest BCUT2D eigenvalue weighted by Gasteiger charge is -2.21. The van der Waals surface area contributed by atoms with Gasteiger partial charge >= 0.3 is 0 Å². The second kappa shape index (κ2) is 11.2. The summed E-state index contributed by atoms with van der Waals surface area (Å²) >= 11 is 0. The average Bonchev–Trinajstić information content (AvgIpc) is 3.16. The van der Waals surface area contributed by atoms with Crippen LogP contribution in [0.3, 0.4) is 0 Å². The third-order valence-corrected chi connectivity index (χ3v) is 8.75. The number of ether oxygens (including phenoxy) is 1. The normalized spacial score (nSPS) is 11.6. The zero-order valence-corrected chi connectivity index (χ0v) is 25.3. The molecule has 0 radical (unpaired) electrons. The van der Waals surface area contributed by atoms with Crippen molar-refractivity contribution in [3.8, 4) is 79.0 Å². The number of aromatic nitrogens is 3. The van der Waals surface area contributed by atoms with E-state index in [-0.39, 0.29) is 0 Å². The van der Waals surface area contributed by atoms with E-state index < -0.39 is 0 Å². The maximum atomic E-state index is 6.37. The number of rotatable bonds is 5. The van der Waals surface area contributed by atoms with E-state index in [0.717, 1.165) is 61.2 Å². The van der Waals surface area contributed by atoms with Crippen molar-refractivity contribution in [2.45, 2.75) is 0 Å². The number of hydrogen-bond acceptors (Lipinski definition) is 4. The average molecular weight is 602 g/mol. The molecular formula is C43H27N3O. The van der Waals surface area contributed by atoms with E-state index in [1.165, 1.54) is 11.1 Å². The first-order valence-electron chi connectivity index (χ1n) is 15.7. The highest BCUT2D eigenvalue weighted by molar-refractivity contribution is 6.04. The summed E-state index contributed by atoms with van der Waals surface area (Å²) in [5.41, 5.74) is 9.54. The number of hydrogen-bond donors (Lipinski definition) is 0. The van der Waals surface area contributed by atoms with Gasteiger partial charge in [-0.3, -0.25) is 0 Å². The summed E-state index contributed by atoms with van der Waals surface area (Å²) in [6.45, 7) is 0. The summed E-state index contributed by atoms with van der Waals surface area (Å²) < 4.78 is 6.37. The largest absolute Gasteiger partial charge is 0.456 e. The molecule has 0 N–H and O–H groups in total. The first-order chi connectivity index (χ1) is 23.3. The van der Waals surface area contributed by atoms with E-state index in [9.17, 15) is 0 Å². The molecule has 2 heterocycles. The van der Waals surface area contributed by atoms with Crippen molar-refractivity contribution in [1.82, 2.24) is 15.0 Å². The number of nitrogens with zero attached hydrogens (tertiary/aromatic N) is 3. The Balaban J connectivity index is 1.17. The summed E-state index contributed by atoms with van der Waals surface area (Å²) in [7, 11) is 0. The molecule has 220 valence electrons. The molecule has 4 heteroatoms. The van der Waals surface area contributed by atoms with Crippen LogP contribution < -0.4 is 4.74 Å². The van der Waals surface area contributed by atoms with Crippen LogP contribution in [0.25, 0.3) is 78.3 Å². The van der Waals surface area contributed by atoms with Gasteiger partial charge in [-0.25, -0.2) is 15.0 Å². The van der Waals surface area contributed by atoms with Crippen LogP contribution in [0.4, 0.5) is 0 Å². The Morgan fingerprint density at radius 1 is 0.319 bits per heavy atom. The molecule has 4 nitrogen and oxygen atoms in total. The Morgan fingerprint density at radius 2 is 0.787 bits per heavy atom. The highest BCUT2D eigenvalue weighted by atomic mass is 16.5. The van der Waals surface area contributed by atoms with Gasteiger partial charge in [0.05, 0.1) is 0 Å². The van der Waals surface area contributed by atoms with Crippen molar-refractivity contribution in [3.05, 3.63) is 164 Å². The van der Waals surface area contributed by atoms with Crippen LogP contribution in [0.15, 0.2) is 164 Å². The molecule has 0 atom stereocenters. The highest BCUT2D eigenvalue weighted by Gasteiger charge is 2.21. The zero-order valence-electron chi connectivity index (χ0n) is 25.3. The topological polar surface area (TPSA) is 47.9 Å². The van der Waals surface area contributed by atoms with Gasteiger partial charge in [0.1, 0.15) is 11.5 Å². The molecule has 1 aromatic heterocycles. The summed E-state index contributed by atoms with van der Waals surface area (Å²) in [6, 6.07) is 56.3. The lowest BCUT2D eigenvalue weighted by atomic mass is 9.93. The Kier molecular flexibility index (Phi) is 6.43. The van der Waals surface area contributed by atoms with Crippen molar-refractivity contribution < 1.29 is 4.74 Å². The van der Waals surface area contributed by atoms with Crippen molar-refractivity contribution in [1.29, 1.82) is 0 Å². The second-order valence-corrected chi connectivity index (χ2v) is 11.7. The fourth-order valence-corrected chi connectivity index (χ4v) is 6.35. The van der Waals surface area contributed by atoms with Gasteiger partial charge in [0, 0.05) is 27.6 Å². The van der Waals surface area contributed by atoms with Crippen LogP contribution in [0, 0.1) is 0 Å². The van der Waals surface area contributed by atoms with Gasteiger partial charge in [-0.15, -0.1) is 0 Å². The molecule has 7 aromatic carbocycles. The van der Waals surface area contributed by atoms with E-state index in [1.807, 2.05) is 36.4 Å². The summed E-state index contributed by atoms with van der Waals surface area (Å²) in [4.78, 5) is 15.1. The minimum Gasteiger partial charge on any atom is -0.456 e.